The van der Waals surface area contributed by atoms with E-state index in [9.17, 15) is 14.4 Å². The second-order valence-corrected chi connectivity index (χ2v) is 3.25. The van der Waals surface area contributed by atoms with Gasteiger partial charge in [-0.15, -0.1) is 0 Å². The van der Waals surface area contributed by atoms with Gasteiger partial charge in [0.15, 0.2) is 0 Å². The highest BCUT2D eigenvalue weighted by Gasteiger charge is 2.10. The van der Waals surface area contributed by atoms with Crippen molar-refractivity contribution in [3.8, 4) is 0 Å². The molecule has 0 aliphatic heterocycles. The first-order valence-corrected chi connectivity index (χ1v) is 5.30. The molecule has 16 heavy (non-hydrogen) atoms. The number of carboxylic acid groups (broad SMARTS) is 1. The van der Waals surface area contributed by atoms with Crippen LogP contribution < -0.4 is 16.0 Å². The Kier molecular flexibility index (Phi) is 8.26. The van der Waals surface area contributed by atoms with Crippen molar-refractivity contribution in [1.29, 1.82) is 0 Å². The minimum absolute atomic E-state index is 0.179. The predicted octanol–water partition coefficient (Wildman–Crippen LogP) is -2.18. The van der Waals surface area contributed by atoms with Crippen molar-refractivity contribution in [2.24, 2.45) is 0 Å². The summed E-state index contributed by atoms with van der Waals surface area (Å²) in [6.07, 6.45) is 0. The summed E-state index contributed by atoms with van der Waals surface area (Å²) in [5.74, 6) is -1.97. The summed E-state index contributed by atoms with van der Waals surface area (Å²) in [5.41, 5.74) is 0. The largest absolute Gasteiger partial charge is 0.480 e. The summed E-state index contributed by atoms with van der Waals surface area (Å²) in [4.78, 5) is 32.2. The molecule has 2 amide bonds. The maximum Gasteiger partial charge on any atom is 0.317 e. The highest BCUT2D eigenvalue weighted by molar-refractivity contribution is 7.80. The fraction of sp³-hybridized carbons (Fsp3) is 0.625. The molecule has 0 aliphatic carbocycles. The van der Waals surface area contributed by atoms with Crippen LogP contribution in [-0.2, 0) is 14.4 Å². The zero-order chi connectivity index (χ0) is 12.4. The van der Waals surface area contributed by atoms with E-state index in [4.69, 9.17) is 5.11 Å². The van der Waals surface area contributed by atoms with Gasteiger partial charge < -0.3 is 21.1 Å². The molecule has 4 N–H and O–H groups in total. The zero-order valence-corrected chi connectivity index (χ0v) is 9.55. The lowest BCUT2D eigenvalue weighted by Gasteiger charge is -2.05. The van der Waals surface area contributed by atoms with E-state index in [1.54, 1.807) is 0 Å². The van der Waals surface area contributed by atoms with Crippen LogP contribution in [0.3, 0.4) is 0 Å². The van der Waals surface area contributed by atoms with Gasteiger partial charge in [-0.3, -0.25) is 14.4 Å². The molecule has 0 spiro atoms. The number of carboxylic acids is 1. The Hall–Kier alpha value is -1.28. The number of hydrogen-bond donors (Lipinski definition) is 5. The van der Waals surface area contributed by atoms with E-state index >= 15 is 0 Å². The van der Waals surface area contributed by atoms with Crippen molar-refractivity contribution < 1.29 is 19.5 Å². The number of carbonyl (C=O) groups is 3. The summed E-state index contributed by atoms with van der Waals surface area (Å²) in [5, 5.41) is 15.5. The number of rotatable bonds is 7. The first kappa shape index (κ1) is 14.7. The Bertz CT molecular complexity index is 260. The second-order valence-electron chi connectivity index (χ2n) is 2.81. The molecule has 8 heteroatoms. The Morgan fingerprint density at radius 2 is 1.56 bits per heavy atom. The lowest BCUT2D eigenvalue weighted by molar-refractivity contribution is -0.139. The number of hydrogen-bond acceptors (Lipinski definition) is 5. The standard InChI is InChI=1S/C8H15N3O4S/c12-6(13)5-9-1-2-10-7(14)8(15)11-3-4-16/h9,16H,1-5H2,(H,10,14)(H,11,15)(H,12,13). The van der Waals surface area contributed by atoms with Crippen LogP contribution >= 0.6 is 12.6 Å². The summed E-state index contributed by atoms with van der Waals surface area (Å²) in [7, 11) is 0. The van der Waals surface area contributed by atoms with Gasteiger partial charge in [0.25, 0.3) is 0 Å². The van der Waals surface area contributed by atoms with Crippen molar-refractivity contribution in [3.63, 3.8) is 0 Å². The Labute approximate surface area is 98.4 Å². The first-order chi connectivity index (χ1) is 7.57. The maximum atomic E-state index is 11.1. The summed E-state index contributed by atoms with van der Waals surface area (Å²) < 4.78 is 0. The van der Waals surface area contributed by atoms with Crippen molar-refractivity contribution in [3.05, 3.63) is 0 Å². The van der Waals surface area contributed by atoms with E-state index in [0.717, 1.165) is 0 Å². The molecule has 0 bridgehead atoms. The average molecular weight is 249 g/mol. The predicted molar refractivity (Wildman–Crippen MR) is 60.4 cm³/mol. The number of thiol groups is 1. The van der Waals surface area contributed by atoms with E-state index in [0.29, 0.717) is 12.3 Å². The average Bonchev–Trinajstić information content (AvgIpc) is 2.24. The minimum Gasteiger partial charge on any atom is -0.480 e. The van der Waals surface area contributed by atoms with Crippen LogP contribution in [0.1, 0.15) is 0 Å². The minimum atomic E-state index is -0.974. The fourth-order valence-electron chi connectivity index (χ4n) is 0.790. The molecule has 0 aromatic rings. The van der Waals surface area contributed by atoms with Gasteiger partial charge in [-0.2, -0.15) is 12.6 Å². The molecule has 0 aromatic heterocycles. The van der Waals surface area contributed by atoms with Gasteiger partial charge in [0.05, 0.1) is 6.54 Å². The number of aliphatic carboxylic acids is 1. The molecule has 0 radical (unpaired) electrons. The van der Waals surface area contributed by atoms with Crippen molar-refractivity contribution in [2.45, 2.75) is 0 Å². The van der Waals surface area contributed by atoms with Crippen LogP contribution in [0.4, 0.5) is 0 Å². The number of carbonyl (C=O) groups excluding carboxylic acids is 2. The molecule has 0 saturated carbocycles. The highest BCUT2D eigenvalue weighted by atomic mass is 32.1. The number of amides is 2. The summed E-state index contributed by atoms with van der Waals surface area (Å²) >= 11 is 3.87. The van der Waals surface area contributed by atoms with Gasteiger partial charge in [0, 0.05) is 25.4 Å². The van der Waals surface area contributed by atoms with Gasteiger partial charge in [-0.05, 0) is 0 Å². The van der Waals surface area contributed by atoms with E-state index in [-0.39, 0.29) is 19.6 Å². The normalized spacial score (nSPS) is 9.56. The van der Waals surface area contributed by atoms with E-state index in [1.807, 2.05) is 0 Å². The maximum absolute atomic E-state index is 11.1. The number of nitrogens with one attached hydrogen (secondary N) is 3. The molecule has 0 fully saturated rings. The third-order valence-corrected chi connectivity index (χ3v) is 1.69. The quantitative estimate of drug-likeness (QED) is 0.200. The van der Waals surface area contributed by atoms with Crippen molar-refractivity contribution in [2.75, 3.05) is 31.9 Å². The molecule has 0 aromatic carbocycles. The molecule has 7 nitrogen and oxygen atoms in total. The Morgan fingerprint density at radius 1 is 1.00 bits per heavy atom. The third kappa shape index (κ3) is 8.06. The van der Waals surface area contributed by atoms with E-state index in [1.165, 1.54) is 0 Å². The van der Waals surface area contributed by atoms with Crippen LogP contribution in [0.25, 0.3) is 0 Å². The molecular weight excluding hydrogens is 234 g/mol. The second kappa shape index (κ2) is 8.98. The molecule has 0 unspecified atom stereocenters. The molecule has 92 valence electrons. The van der Waals surface area contributed by atoms with Gasteiger partial charge >= 0.3 is 17.8 Å². The Balaban J connectivity index is 3.49. The molecule has 0 saturated heterocycles. The van der Waals surface area contributed by atoms with Crippen LogP contribution in [0, 0.1) is 0 Å². The Morgan fingerprint density at radius 3 is 2.06 bits per heavy atom. The van der Waals surface area contributed by atoms with Gasteiger partial charge in [-0.25, -0.2) is 0 Å². The third-order valence-electron chi connectivity index (χ3n) is 1.47. The van der Waals surface area contributed by atoms with Gasteiger partial charge in [0.1, 0.15) is 0 Å². The van der Waals surface area contributed by atoms with E-state index in [2.05, 4.69) is 28.6 Å². The molecule has 0 atom stereocenters. The smallest absolute Gasteiger partial charge is 0.317 e. The van der Waals surface area contributed by atoms with Gasteiger partial charge in [0.2, 0.25) is 0 Å². The molecule has 0 rings (SSSR count). The SMILES string of the molecule is O=C(O)CNCCNC(=O)C(=O)NCCS. The lowest BCUT2D eigenvalue weighted by Crippen LogP contribution is -2.43. The van der Waals surface area contributed by atoms with Crippen LogP contribution in [-0.4, -0.2) is 54.8 Å². The van der Waals surface area contributed by atoms with Crippen LogP contribution in [0.15, 0.2) is 0 Å². The zero-order valence-electron chi connectivity index (χ0n) is 8.65. The monoisotopic (exact) mass is 249 g/mol. The van der Waals surface area contributed by atoms with Gasteiger partial charge in [-0.1, -0.05) is 0 Å². The van der Waals surface area contributed by atoms with Crippen LogP contribution in [0.2, 0.25) is 0 Å². The molecular formula is C8H15N3O4S. The molecule has 0 aliphatic rings. The lowest BCUT2D eigenvalue weighted by atomic mass is 10.5. The highest BCUT2D eigenvalue weighted by Crippen LogP contribution is 1.72. The van der Waals surface area contributed by atoms with E-state index < -0.39 is 17.8 Å². The summed E-state index contributed by atoms with van der Waals surface area (Å²) in [6, 6.07) is 0. The van der Waals surface area contributed by atoms with Crippen molar-refractivity contribution >= 4 is 30.4 Å². The first-order valence-electron chi connectivity index (χ1n) is 4.67. The van der Waals surface area contributed by atoms with Crippen molar-refractivity contribution in [1.82, 2.24) is 16.0 Å². The molecule has 0 heterocycles. The summed E-state index contributed by atoms with van der Waals surface area (Å²) in [6.45, 7) is 0.632. The van der Waals surface area contributed by atoms with Crippen LogP contribution in [0.5, 0.6) is 0 Å². The topological polar surface area (TPSA) is 108 Å². The fourth-order valence-corrected chi connectivity index (χ4v) is 0.902.